The number of anilines is 1. The van der Waals surface area contributed by atoms with Crippen molar-refractivity contribution >= 4 is 5.82 Å². The number of benzene rings is 1. The Bertz CT molecular complexity index is 999. The average Bonchev–Trinajstić information content (AvgIpc) is 3.22. The van der Waals surface area contributed by atoms with Gasteiger partial charge in [0.15, 0.2) is 5.82 Å². The lowest BCUT2D eigenvalue weighted by atomic mass is 10.1. The molecule has 8 heteroatoms. The lowest BCUT2D eigenvalue weighted by molar-refractivity contribution is 0.881. The first-order chi connectivity index (χ1) is 12.8. The van der Waals surface area contributed by atoms with Gasteiger partial charge in [0.1, 0.15) is 5.82 Å². The standard InChI is InChI=1S/C18H16N8/c1-12-8-16(22-17(21-12)15-6-3-7-19-11-15)20-10-13-4-2-5-14(9-13)18-23-25-26-24-18/h2-9,11H,10H2,1H3,(H,20,21,22)(H,23,24,25,26). The number of nitrogens with one attached hydrogen (secondary N) is 2. The number of rotatable bonds is 5. The lowest BCUT2D eigenvalue weighted by Crippen LogP contribution is -2.04. The van der Waals surface area contributed by atoms with Crippen LogP contribution in [0.1, 0.15) is 11.3 Å². The third kappa shape index (κ3) is 3.54. The summed E-state index contributed by atoms with van der Waals surface area (Å²) in [5.74, 6) is 1.99. The molecule has 0 fully saturated rings. The second kappa shape index (κ2) is 7.06. The molecular weight excluding hydrogens is 328 g/mol. The molecule has 2 N–H and O–H groups in total. The molecule has 128 valence electrons. The minimum atomic E-state index is 0.573. The van der Waals surface area contributed by atoms with Crippen molar-refractivity contribution in [2.75, 3.05) is 5.32 Å². The van der Waals surface area contributed by atoms with Gasteiger partial charge in [0.25, 0.3) is 0 Å². The van der Waals surface area contributed by atoms with Crippen molar-refractivity contribution < 1.29 is 0 Å². The third-order valence-corrected chi connectivity index (χ3v) is 3.78. The topological polar surface area (TPSA) is 105 Å². The summed E-state index contributed by atoms with van der Waals surface area (Å²) in [6.07, 6.45) is 3.49. The first kappa shape index (κ1) is 15.8. The predicted molar refractivity (Wildman–Crippen MR) is 96.9 cm³/mol. The molecule has 0 aliphatic rings. The van der Waals surface area contributed by atoms with Crippen molar-refractivity contribution in [1.29, 1.82) is 0 Å². The highest BCUT2D eigenvalue weighted by atomic mass is 15.5. The fourth-order valence-electron chi connectivity index (χ4n) is 2.58. The van der Waals surface area contributed by atoms with Crippen molar-refractivity contribution in [2.45, 2.75) is 13.5 Å². The highest BCUT2D eigenvalue weighted by Gasteiger charge is 2.07. The quantitative estimate of drug-likeness (QED) is 0.573. The molecule has 4 rings (SSSR count). The Hall–Kier alpha value is -3.68. The van der Waals surface area contributed by atoms with Crippen LogP contribution in [0, 0.1) is 6.92 Å². The fraction of sp³-hybridized carbons (Fsp3) is 0.111. The Balaban J connectivity index is 1.53. The van der Waals surface area contributed by atoms with E-state index in [0.29, 0.717) is 18.2 Å². The normalized spacial score (nSPS) is 10.7. The van der Waals surface area contributed by atoms with Crippen LogP contribution in [0.4, 0.5) is 5.82 Å². The van der Waals surface area contributed by atoms with E-state index in [1.165, 1.54) is 0 Å². The molecule has 0 atom stereocenters. The van der Waals surface area contributed by atoms with Crippen molar-refractivity contribution in [2.24, 2.45) is 0 Å². The van der Waals surface area contributed by atoms with Crippen LogP contribution in [0.5, 0.6) is 0 Å². The highest BCUT2D eigenvalue weighted by Crippen LogP contribution is 2.19. The van der Waals surface area contributed by atoms with Crippen LogP contribution in [0.25, 0.3) is 22.8 Å². The zero-order chi connectivity index (χ0) is 17.8. The predicted octanol–water partition coefficient (Wildman–Crippen LogP) is 2.64. The maximum atomic E-state index is 4.59. The third-order valence-electron chi connectivity index (χ3n) is 3.78. The number of pyridine rings is 1. The molecule has 3 heterocycles. The van der Waals surface area contributed by atoms with Gasteiger partial charge in [-0.25, -0.2) is 9.97 Å². The van der Waals surface area contributed by atoms with E-state index < -0.39 is 0 Å². The molecular formula is C18H16N8. The molecule has 1 aromatic carbocycles. The monoisotopic (exact) mass is 344 g/mol. The van der Waals surface area contributed by atoms with E-state index >= 15 is 0 Å². The summed E-state index contributed by atoms with van der Waals surface area (Å²) < 4.78 is 0. The molecule has 0 amide bonds. The molecule has 3 aromatic heterocycles. The maximum Gasteiger partial charge on any atom is 0.204 e. The number of aromatic nitrogens is 7. The number of aromatic amines is 1. The van der Waals surface area contributed by atoms with E-state index in [1.54, 1.807) is 12.4 Å². The minimum Gasteiger partial charge on any atom is -0.366 e. The summed E-state index contributed by atoms with van der Waals surface area (Å²) in [5.41, 5.74) is 3.78. The van der Waals surface area contributed by atoms with E-state index in [1.807, 2.05) is 49.4 Å². The van der Waals surface area contributed by atoms with Crippen LogP contribution in [-0.2, 0) is 6.54 Å². The summed E-state index contributed by atoms with van der Waals surface area (Å²) in [6.45, 7) is 2.57. The SMILES string of the molecule is Cc1cc(NCc2cccc(-c3nn[nH]n3)c2)nc(-c2cccnc2)n1. The van der Waals surface area contributed by atoms with Gasteiger partial charge in [0, 0.05) is 41.8 Å². The van der Waals surface area contributed by atoms with Gasteiger partial charge >= 0.3 is 0 Å². The van der Waals surface area contributed by atoms with Crippen LogP contribution in [0.3, 0.4) is 0 Å². The van der Waals surface area contributed by atoms with Crippen LogP contribution in [0.15, 0.2) is 54.9 Å². The Morgan fingerprint density at radius 2 is 1.92 bits per heavy atom. The van der Waals surface area contributed by atoms with E-state index in [4.69, 9.17) is 0 Å². The van der Waals surface area contributed by atoms with E-state index in [9.17, 15) is 0 Å². The molecule has 0 aliphatic heterocycles. The summed E-state index contributed by atoms with van der Waals surface area (Å²) in [6, 6.07) is 13.7. The molecule has 0 saturated carbocycles. The van der Waals surface area contributed by atoms with Crippen molar-refractivity contribution in [3.05, 3.63) is 66.1 Å². The zero-order valence-electron chi connectivity index (χ0n) is 14.1. The van der Waals surface area contributed by atoms with Gasteiger partial charge in [0.05, 0.1) is 0 Å². The van der Waals surface area contributed by atoms with Gasteiger partial charge in [-0.05, 0) is 35.9 Å². The lowest BCUT2D eigenvalue weighted by Gasteiger charge is -2.09. The van der Waals surface area contributed by atoms with Crippen molar-refractivity contribution in [3.8, 4) is 22.8 Å². The highest BCUT2D eigenvalue weighted by molar-refractivity contribution is 5.57. The second-order valence-electron chi connectivity index (χ2n) is 5.75. The molecule has 0 spiro atoms. The molecule has 4 aromatic rings. The van der Waals surface area contributed by atoms with Crippen molar-refractivity contribution in [1.82, 2.24) is 35.6 Å². The van der Waals surface area contributed by atoms with E-state index in [0.717, 1.165) is 28.2 Å². The first-order valence-electron chi connectivity index (χ1n) is 8.11. The van der Waals surface area contributed by atoms with Crippen LogP contribution >= 0.6 is 0 Å². The molecule has 26 heavy (non-hydrogen) atoms. The van der Waals surface area contributed by atoms with Gasteiger partial charge in [-0.1, -0.05) is 18.2 Å². The number of hydrogen-bond donors (Lipinski definition) is 2. The van der Waals surface area contributed by atoms with Crippen LogP contribution in [0.2, 0.25) is 0 Å². The van der Waals surface area contributed by atoms with Crippen molar-refractivity contribution in [3.63, 3.8) is 0 Å². The van der Waals surface area contributed by atoms with Gasteiger partial charge < -0.3 is 5.32 Å². The number of nitrogens with zero attached hydrogens (tertiary/aromatic N) is 6. The van der Waals surface area contributed by atoms with E-state index in [-0.39, 0.29) is 0 Å². The molecule has 0 aliphatic carbocycles. The molecule has 0 bridgehead atoms. The second-order valence-corrected chi connectivity index (χ2v) is 5.75. The smallest absolute Gasteiger partial charge is 0.204 e. The maximum absolute atomic E-state index is 4.59. The fourth-order valence-corrected chi connectivity index (χ4v) is 2.58. The van der Waals surface area contributed by atoms with Gasteiger partial charge in [0.2, 0.25) is 5.82 Å². The Labute approximate surface area is 149 Å². The average molecular weight is 344 g/mol. The molecule has 0 unspecified atom stereocenters. The summed E-state index contributed by atoms with van der Waals surface area (Å²) >= 11 is 0. The molecule has 0 radical (unpaired) electrons. The number of tetrazole rings is 1. The molecule has 8 nitrogen and oxygen atoms in total. The van der Waals surface area contributed by atoms with Crippen LogP contribution < -0.4 is 5.32 Å². The summed E-state index contributed by atoms with van der Waals surface area (Å²) in [7, 11) is 0. The Morgan fingerprint density at radius 3 is 2.73 bits per heavy atom. The minimum absolute atomic E-state index is 0.573. The first-order valence-corrected chi connectivity index (χ1v) is 8.11. The zero-order valence-corrected chi connectivity index (χ0v) is 14.1. The largest absolute Gasteiger partial charge is 0.366 e. The van der Waals surface area contributed by atoms with Gasteiger partial charge in [-0.3, -0.25) is 4.98 Å². The Morgan fingerprint density at radius 1 is 1.00 bits per heavy atom. The van der Waals surface area contributed by atoms with Crippen LogP contribution in [-0.4, -0.2) is 35.6 Å². The summed E-state index contributed by atoms with van der Waals surface area (Å²) in [5, 5.41) is 17.4. The van der Waals surface area contributed by atoms with Gasteiger partial charge in [-0.15, -0.1) is 10.2 Å². The number of hydrogen-bond acceptors (Lipinski definition) is 7. The molecule has 0 saturated heterocycles. The number of aryl methyl sites for hydroxylation is 1. The van der Waals surface area contributed by atoms with Gasteiger partial charge in [-0.2, -0.15) is 5.21 Å². The summed E-state index contributed by atoms with van der Waals surface area (Å²) in [4.78, 5) is 13.2. The van der Waals surface area contributed by atoms with E-state index in [2.05, 4.69) is 40.9 Å². The Kier molecular flexibility index (Phi) is 4.29. The number of H-pyrrole nitrogens is 1.